The minimum atomic E-state index is -1.32. The lowest BCUT2D eigenvalue weighted by Crippen LogP contribution is -2.54. The van der Waals surface area contributed by atoms with E-state index in [9.17, 15) is 19.2 Å². The van der Waals surface area contributed by atoms with E-state index < -0.39 is 48.3 Å². The van der Waals surface area contributed by atoms with E-state index in [-0.39, 0.29) is 6.54 Å². The molecule has 0 bridgehead atoms. The molecule has 0 aromatic heterocycles. The highest BCUT2D eigenvalue weighted by Crippen LogP contribution is 2.19. The van der Waals surface area contributed by atoms with Gasteiger partial charge in [0.25, 0.3) is 0 Å². The maximum absolute atomic E-state index is 12.3. The second kappa shape index (κ2) is 7.02. The number of likely N-dealkylation sites (tertiary alicyclic amines) is 1. The number of hydrogen-bond donors (Lipinski definition) is 4. The number of rotatable bonds is 6. The smallest absolute Gasteiger partial charge is 0.326 e. The molecule has 3 unspecified atom stereocenters. The predicted octanol–water partition coefficient (Wildman–Crippen LogP) is -1.63. The van der Waals surface area contributed by atoms with Crippen LogP contribution in [0.2, 0.25) is 0 Å². The molecular weight excluding hydrogens is 282 g/mol. The second-order valence-electron chi connectivity index (χ2n) is 4.98. The summed E-state index contributed by atoms with van der Waals surface area (Å²) in [5.74, 6) is -3.80. The Morgan fingerprint density at radius 1 is 1.33 bits per heavy atom. The van der Waals surface area contributed by atoms with E-state index in [4.69, 9.17) is 15.9 Å². The van der Waals surface area contributed by atoms with Crippen LogP contribution < -0.4 is 11.1 Å². The van der Waals surface area contributed by atoms with Gasteiger partial charge >= 0.3 is 11.9 Å². The van der Waals surface area contributed by atoms with Gasteiger partial charge < -0.3 is 26.2 Å². The first-order valence-corrected chi connectivity index (χ1v) is 6.55. The molecule has 3 atom stereocenters. The van der Waals surface area contributed by atoms with Crippen LogP contribution in [0.4, 0.5) is 0 Å². The lowest BCUT2D eigenvalue weighted by atomic mass is 10.1. The molecule has 5 N–H and O–H groups in total. The third kappa shape index (κ3) is 4.42. The third-order valence-electron chi connectivity index (χ3n) is 3.23. The Morgan fingerprint density at radius 2 is 1.95 bits per heavy atom. The van der Waals surface area contributed by atoms with Gasteiger partial charge in [0.1, 0.15) is 12.1 Å². The molecule has 1 rings (SSSR count). The molecule has 9 nitrogen and oxygen atoms in total. The van der Waals surface area contributed by atoms with Crippen molar-refractivity contribution in [2.75, 3.05) is 6.54 Å². The van der Waals surface area contributed by atoms with Crippen LogP contribution in [-0.2, 0) is 19.2 Å². The van der Waals surface area contributed by atoms with E-state index >= 15 is 0 Å². The van der Waals surface area contributed by atoms with Crippen LogP contribution in [0.25, 0.3) is 0 Å². The zero-order valence-corrected chi connectivity index (χ0v) is 11.6. The maximum atomic E-state index is 12.3. The van der Waals surface area contributed by atoms with Crippen molar-refractivity contribution in [3.63, 3.8) is 0 Å². The summed E-state index contributed by atoms with van der Waals surface area (Å²) in [7, 11) is 0. The molecule has 0 aromatic carbocycles. The van der Waals surface area contributed by atoms with E-state index in [1.807, 2.05) is 0 Å². The molecule has 2 amide bonds. The van der Waals surface area contributed by atoms with Crippen molar-refractivity contribution in [3.8, 4) is 0 Å². The highest BCUT2D eigenvalue weighted by molar-refractivity contribution is 5.94. The van der Waals surface area contributed by atoms with E-state index in [1.54, 1.807) is 0 Å². The first kappa shape index (κ1) is 16.9. The predicted molar refractivity (Wildman–Crippen MR) is 70.2 cm³/mol. The maximum Gasteiger partial charge on any atom is 0.326 e. The molecule has 1 aliphatic heterocycles. The minimum Gasteiger partial charge on any atom is -0.481 e. The Labute approximate surface area is 121 Å². The summed E-state index contributed by atoms with van der Waals surface area (Å²) >= 11 is 0. The quantitative estimate of drug-likeness (QED) is 0.460. The number of nitrogens with one attached hydrogen (secondary N) is 1. The zero-order valence-electron chi connectivity index (χ0n) is 11.6. The molecule has 0 aromatic rings. The monoisotopic (exact) mass is 301 g/mol. The minimum absolute atomic E-state index is 0.222. The van der Waals surface area contributed by atoms with Gasteiger partial charge in [-0.15, -0.1) is 0 Å². The van der Waals surface area contributed by atoms with Crippen LogP contribution in [-0.4, -0.2) is 63.5 Å². The Bertz CT molecular complexity index is 450. The van der Waals surface area contributed by atoms with Crippen molar-refractivity contribution in [3.05, 3.63) is 0 Å². The molecule has 0 aliphatic carbocycles. The number of amides is 2. The third-order valence-corrected chi connectivity index (χ3v) is 3.23. The van der Waals surface area contributed by atoms with E-state index in [1.165, 1.54) is 6.92 Å². The molecule has 1 fully saturated rings. The standard InChI is InChI=1S/C12H19N3O6/c1-6(13)10(18)14-7(5-9(16)17)11(19)15-4-2-3-8(15)12(20)21/h6-8H,2-5,13H2,1H3,(H,14,18)(H,16,17)(H,20,21). The fraction of sp³-hybridized carbons (Fsp3) is 0.667. The summed E-state index contributed by atoms with van der Waals surface area (Å²) in [6.07, 6.45) is 0.200. The van der Waals surface area contributed by atoms with Gasteiger partial charge in [-0.1, -0.05) is 0 Å². The van der Waals surface area contributed by atoms with Gasteiger partial charge in [-0.25, -0.2) is 4.79 Å². The van der Waals surface area contributed by atoms with Gasteiger partial charge in [-0.3, -0.25) is 14.4 Å². The number of aliphatic carboxylic acids is 2. The van der Waals surface area contributed by atoms with Crippen molar-refractivity contribution in [1.29, 1.82) is 0 Å². The van der Waals surface area contributed by atoms with Crippen molar-refractivity contribution in [2.45, 2.75) is 44.3 Å². The highest BCUT2D eigenvalue weighted by Gasteiger charge is 2.38. The number of carbonyl (C=O) groups is 4. The lowest BCUT2D eigenvalue weighted by Gasteiger charge is -2.27. The molecule has 0 radical (unpaired) electrons. The lowest BCUT2D eigenvalue weighted by molar-refractivity contribution is -0.150. The largest absolute Gasteiger partial charge is 0.481 e. The van der Waals surface area contributed by atoms with Gasteiger partial charge in [0.2, 0.25) is 11.8 Å². The van der Waals surface area contributed by atoms with Gasteiger partial charge in [0.15, 0.2) is 0 Å². The molecule has 9 heteroatoms. The molecule has 21 heavy (non-hydrogen) atoms. The summed E-state index contributed by atoms with van der Waals surface area (Å²) in [4.78, 5) is 46.8. The van der Waals surface area contributed by atoms with Crippen molar-refractivity contribution in [2.24, 2.45) is 5.73 Å². The second-order valence-corrected chi connectivity index (χ2v) is 4.98. The van der Waals surface area contributed by atoms with Crippen LogP contribution in [0.3, 0.4) is 0 Å². The molecule has 1 aliphatic rings. The molecule has 118 valence electrons. The summed E-state index contributed by atoms with van der Waals surface area (Å²) in [5, 5.41) is 20.1. The fourth-order valence-corrected chi connectivity index (χ4v) is 2.17. The average molecular weight is 301 g/mol. The topological polar surface area (TPSA) is 150 Å². The Balaban J connectivity index is 2.86. The summed E-state index contributed by atoms with van der Waals surface area (Å²) in [6, 6.07) is -3.20. The van der Waals surface area contributed by atoms with Crippen molar-refractivity contribution < 1.29 is 29.4 Å². The first-order valence-electron chi connectivity index (χ1n) is 6.55. The van der Waals surface area contributed by atoms with Gasteiger partial charge in [-0.2, -0.15) is 0 Å². The Morgan fingerprint density at radius 3 is 2.43 bits per heavy atom. The van der Waals surface area contributed by atoms with Crippen molar-refractivity contribution in [1.82, 2.24) is 10.2 Å². The SMILES string of the molecule is CC(N)C(=O)NC(CC(=O)O)C(=O)N1CCCC1C(=O)O. The summed E-state index contributed by atoms with van der Waals surface area (Å²) in [6.45, 7) is 1.62. The van der Waals surface area contributed by atoms with Crippen LogP contribution in [0.1, 0.15) is 26.2 Å². The zero-order chi connectivity index (χ0) is 16.2. The van der Waals surface area contributed by atoms with E-state index in [0.717, 1.165) is 4.90 Å². The van der Waals surface area contributed by atoms with Gasteiger partial charge in [-0.05, 0) is 19.8 Å². The number of nitrogens with zero attached hydrogens (tertiary/aromatic N) is 1. The van der Waals surface area contributed by atoms with Gasteiger partial charge in [0.05, 0.1) is 12.5 Å². The van der Waals surface area contributed by atoms with Gasteiger partial charge in [0, 0.05) is 6.54 Å². The summed E-state index contributed by atoms with van der Waals surface area (Å²) in [5.41, 5.74) is 5.37. The summed E-state index contributed by atoms with van der Waals surface area (Å²) < 4.78 is 0. The average Bonchev–Trinajstić information content (AvgIpc) is 2.85. The van der Waals surface area contributed by atoms with Crippen LogP contribution in [0, 0.1) is 0 Å². The molecule has 1 saturated heterocycles. The normalized spacial score (nSPS) is 20.7. The molecular formula is C12H19N3O6. The Kier molecular flexibility index (Phi) is 5.65. The number of nitrogens with two attached hydrogens (primary N) is 1. The number of carboxylic acids is 2. The van der Waals surface area contributed by atoms with Crippen LogP contribution in [0.5, 0.6) is 0 Å². The highest BCUT2D eigenvalue weighted by atomic mass is 16.4. The fourth-order valence-electron chi connectivity index (χ4n) is 2.17. The number of carbonyl (C=O) groups excluding carboxylic acids is 2. The molecule has 0 spiro atoms. The van der Waals surface area contributed by atoms with E-state index in [2.05, 4.69) is 5.32 Å². The molecule has 1 heterocycles. The number of carboxylic acid groups (broad SMARTS) is 2. The Hall–Kier alpha value is -2.16. The molecule has 0 saturated carbocycles. The van der Waals surface area contributed by atoms with Crippen molar-refractivity contribution >= 4 is 23.8 Å². The first-order chi connectivity index (χ1) is 9.73. The van der Waals surface area contributed by atoms with Crippen LogP contribution in [0.15, 0.2) is 0 Å². The van der Waals surface area contributed by atoms with E-state index in [0.29, 0.717) is 12.8 Å². The van der Waals surface area contributed by atoms with Crippen LogP contribution >= 0.6 is 0 Å². The number of hydrogen-bond acceptors (Lipinski definition) is 5.